The lowest BCUT2D eigenvalue weighted by molar-refractivity contribution is 0.758. The molecule has 5 nitrogen and oxygen atoms in total. The Morgan fingerprint density at radius 3 is 3.00 bits per heavy atom. The first-order chi connectivity index (χ1) is 9.90. The number of para-hydroxylation sites is 1. The van der Waals surface area contributed by atoms with E-state index in [0.717, 1.165) is 46.8 Å². The van der Waals surface area contributed by atoms with Crippen molar-refractivity contribution in [1.29, 1.82) is 0 Å². The smallest absolute Gasteiger partial charge is 0.138 e. The Bertz CT molecular complexity index is 784. The molecule has 0 atom stereocenters. The third-order valence-corrected chi connectivity index (χ3v) is 3.48. The van der Waals surface area contributed by atoms with E-state index in [1.807, 2.05) is 24.4 Å². The van der Waals surface area contributed by atoms with Gasteiger partial charge in [0.05, 0.1) is 23.1 Å². The number of pyridine rings is 1. The van der Waals surface area contributed by atoms with Gasteiger partial charge in [0.2, 0.25) is 0 Å². The minimum Gasteiger partial charge on any atom is -0.339 e. The van der Waals surface area contributed by atoms with Crippen LogP contribution >= 0.6 is 0 Å². The van der Waals surface area contributed by atoms with Crippen molar-refractivity contribution in [2.75, 3.05) is 5.32 Å². The molecule has 0 bridgehead atoms. The molecule has 0 aliphatic carbocycles. The van der Waals surface area contributed by atoms with E-state index in [9.17, 15) is 0 Å². The Morgan fingerprint density at radius 2 is 2.00 bits per heavy atom. The number of hydrogen-bond donors (Lipinski definition) is 2. The molecule has 0 saturated carbocycles. The first kappa shape index (κ1) is 11.3. The van der Waals surface area contributed by atoms with E-state index in [1.54, 1.807) is 6.33 Å². The number of nitrogens with zero attached hydrogens (tertiary/aromatic N) is 3. The van der Waals surface area contributed by atoms with Crippen LogP contribution in [0.4, 0.5) is 11.5 Å². The van der Waals surface area contributed by atoms with E-state index in [1.165, 1.54) is 0 Å². The predicted octanol–water partition coefficient (Wildman–Crippen LogP) is 2.37. The highest BCUT2D eigenvalue weighted by Crippen LogP contribution is 2.24. The summed E-state index contributed by atoms with van der Waals surface area (Å²) in [6.07, 6.45) is 3.43. The molecule has 0 saturated heterocycles. The fourth-order valence-corrected chi connectivity index (χ4v) is 2.48. The Balaban J connectivity index is 1.72. The van der Waals surface area contributed by atoms with Crippen LogP contribution in [0.5, 0.6) is 0 Å². The average Bonchev–Trinajstić information content (AvgIpc) is 2.97. The number of rotatable bonds is 2. The van der Waals surface area contributed by atoms with Crippen molar-refractivity contribution in [3.63, 3.8) is 0 Å². The molecule has 0 unspecified atom stereocenters. The van der Waals surface area contributed by atoms with Gasteiger partial charge < -0.3 is 10.6 Å². The third kappa shape index (κ3) is 1.88. The summed E-state index contributed by atoms with van der Waals surface area (Å²) >= 11 is 0. The van der Waals surface area contributed by atoms with Crippen molar-refractivity contribution in [2.24, 2.45) is 0 Å². The standard InChI is InChI=1S/C15H13N5/c1-2-4-13-10(3-1)5-11(6-17-13)20-15-12-7-16-8-14(12)18-9-19-15/h1-6,9,16H,7-8H2,(H,18,19,20). The van der Waals surface area contributed by atoms with Crippen LogP contribution in [0.15, 0.2) is 42.9 Å². The third-order valence-electron chi connectivity index (χ3n) is 3.48. The van der Waals surface area contributed by atoms with Crippen molar-refractivity contribution in [3.05, 3.63) is 54.1 Å². The summed E-state index contributed by atoms with van der Waals surface area (Å²) in [7, 11) is 0. The maximum absolute atomic E-state index is 4.45. The van der Waals surface area contributed by atoms with Gasteiger partial charge in [0.1, 0.15) is 12.1 Å². The summed E-state index contributed by atoms with van der Waals surface area (Å²) in [6.45, 7) is 1.61. The topological polar surface area (TPSA) is 62.7 Å². The van der Waals surface area contributed by atoms with Crippen LogP contribution in [0, 0.1) is 0 Å². The summed E-state index contributed by atoms with van der Waals surface area (Å²) in [6, 6.07) is 10.1. The van der Waals surface area contributed by atoms with Crippen molar-refractivity contribution >= 4 is 22.4 Å². The van der Waals surface area contributed by atoms with Crippen molar-refractivity contribution in [3.8, 4) is 0 Å². The van der Waals surface area contributed by atoms with Crippen LogP contribution in [-0.2, 0) is 13.1 Å². The number of nitrogens with one attached hydrogen (secondary N) is 2. The zero-order valence-electron chi connectivity index (χ0n) is 10.8. The van der Waals surface area contributed by atoms with E-state index in [2.05, 4.69) is 37.7 Å². The second-order valence-corrected chi connectivity index (χ2v) is 4.79. The minimum atomic E-state index is 0.805. The Morgan fingerprint density at radius 1 is 1.05 bits per heavy atom. The zero-order valence-corrected chi connectivity index (χ0v) is 10.8. The van der Waals surface area contributed by atoms with Crippen molar-refractivity contribution in [2.45, 2.75) is 13.1 Å². The lowest BCUT2D eigenvalue weighted by Gasteiger charge is -2.09. The van der Waals surface area contributed by atoms with Gasteiger partial charge in [-0.1, -0.05) is 18.2 Å². The molecule has 1 aliphatic heterocycles. The summed E-state index contributed by atoms with van der Waals surface area (Å²) in [4.78, 5) is 13.1. The summed E-state index contributed by atoms with van der Waals surface area (Å²) in [5, 5.41) is 7.74. The van der Waals surface area contributed by atoms with Gasteiger partial charge in [0.15, 0.2) is 0 Å². The molecular formula is C15H13N5. The van der Waals surface area contributed by atoms with Gasteiger partial charge in [-0.05, 0) is 12.1 Å². The molecule has 2 aromatic heterocycles. The molecular weight excluding hydrogens is 250 g/mol. The van der Waals surface area contributed by atoms with Crippen molar-refractivity contribution in [1.82, 2.24) is 20.3 Å². The van der Waals surface area contributed by atoms with E-state index in [-0.39, 0.29) is 0 Å². The molecule has 0 fully saturated rings. The summed E-state index contributed by atoms with van der Waals surface area (Å²) in [5.41, 5.74) is 4.14. The Kier molecular flexibility index (Phi) is 2.57. The van der Waals surface area contributed by atoms with Gasteiger partial charge in [-0.2, -0.15) is 0 Å². The monoisotopic (exact) mass is 263 g/mol. The van der Waals surface area contributed by atoms with E-state index in [0.29, 0.717) is 0 Å². The van der Waals surface area contributed by atoms with Crippen LogP contribution in [0.25, 0.3) is 10.9 Å². The van der Waals surface area contributed by atoms with Gasteiger partial charge in [-0.15, -0.1) is 0 Å². The molecule has 3 aromatic rings. The molecule has 1 aromatic carbocycles. The van der Waals surface area contributed by atoms with Crippen LogP contribution in [0.1, 0.15) is 11.3 Å². The van der Waals surface area contributed by atoms with Gasteiger partial charge in [-0.25, -0.2) is 9.97 Å². The molecule has 2 N–H and O–H groups in total. The number of hydrogen-bond acceptors (Lipinski definition) is 5. The van der Waals surface area contributed by atoms with Gasteiger partial charge >= 0.3 is 0 Å². The Labute approximate surface area is 116 Å². The predicted molar refractivity (Wildman–Crippen MR) is 77.6 cm³/mol. The van der Waals surface area contributed by atoms with Gasteiger partial charge in [0, 0.05) is 24.0 Å². The zero-order chi connectivity index (χ0) is 13.4. The van der Waals surface area contributed by atoms with Crippen LogP contribution < -0.4 is 10.6 Å². The van der Waals surface area contributed by atoms with E-state index in [4.69, 9.17) is 0 Å². The van der Waals surface area contributed by atoms with Crippen LogP contribution in [0.2, 0.25) is 0 Å². The van der Waals surface area contributed by atoms with Gasteiger partial charge in [0.25, 0.3) is 0 Å². The highest BCUT2D eigenvalue weighted by atomic mass is 15.1. The number of aromatic nitrogens is 3. The molecule has 98 valence electrons. The SMILES string of the molecule is c1ccc2ncc(Nc3ncnc4c3CNC4)cc2c1. The first-order valence-electron chi connectivity index (χ1n) is 6.55. The second kappa shape index (κ2) is 4.54. The number of anilines is 2. The molecule has 4 rings (SSSR count). The fourth-order valence-electron chi connectivity index (χ4n) is 2.48. The van der Waals surface area contributed by atoms with Gasteiger partial charge in [-0.3, -0.25) is 4.98 Å². The second-order valence-electron chi connectivity index (χ2n) is 4.79. The van der Waals surface area contributed by atoms with Crippen LogP contribution in [0.3, 0.4) is 0 Å². The van der Waals surface area contributed by atoms with Crippen molar-refractivity contribution < 1.29 is 0 Å². The number of fused-ring (bicyclic) bond motifs is 2. The fraction of sp³-hybridized carbons (Fsp3) is 0.133. The largest absolute Gasteiger partial charge is 0.339 e. The molecule has 5 heteroatoms. The summed E-state index contributed by atoms with van der Waals surface area (Å²) < 4.78 is 0. The highest BCUT2D eigenvalue weighted by Gasteiger charge is 2.16. The highest BCUT2D eigenvalue weighted by molar-refractivity contribution is 5.82. The number of benzene rings is 1. The Hall–Kier alpha value is -2.53. The molecule has 1 aliphatic rings. The first-order valence-corrected chi connectivity index (χ1v) is 6.55. The normalized spacial score (nSPS) is 13.4. The lowest BCUT2D eigenvalue weighted by Crippen LogP contribution is -2.02. The van der Waals surface area contributed by atoms with E-state index >= 15 is 0 Å². The quantitative estimate of drug-likeness (QED) is 0.743. The molecule has 3 heterocycles. The minimum absolute atomic E-state index is 0.805. The lowest BCUT2D eigenvalue weighted by atomic mass is 10.2. The molecule has 0 spiro atoms. The van der Waals surface area contributed by atoms with Crippen LogP contribution in [-0.4, -0.2) is 15.0 Å². The molecule has 20 heavy (non-hydrogen) atoms. The molecule has 0 amide bonds. The average molecular weight is 263 g/mol. The van der Waals surface area contributed by atoms with E-state index < -0.39 is 0 Å². The maximum atomic E-state index is 4.45. The summed E-state index contributed by atoms with van der Waals surface area (Å²) in [5.74, 6) is 0.858. The molecule has 0 radical (unpaired) electrons. The maximum Gasteiger partial charge on any atom is 0.138 e.